The Kier molecular flexibility index (Phi) is 4.06. The van der Waals surface area contributed by atoms with Gasteiger partial charge in [-0.25, -0.2) is 0 Å². The number of aryl methyl sites for hydroxylation is 2. The zero-order valence-corrected chi connectivity index (χ0v) is 10.2. The SMILES string of the molecule is CCc1cnn(CCC(C)(NC)C(N)=O)c1. The zero-order valence-electron chi connectivity index (χ0n) is 10.2. The molecule has 16 heavy (non-hydrogen) atoms. The van der Waals surface area contributed by atoms with Gasteiger partial charge in [-0.1, -0.05) is 6.92 Å². The van der Waals surface area contributed by atoms with Gasteiger partial charge in [0, 0.05) is 12.7 Å². The molecule has 1 rings (SSSR count). The van der Waals surface area contributed by atoms with Crippen LogP contribution in [0.4, 0.5) is 0 Å². The molecule has 0 saturated carbocycles. The van der Waals surface area contributed by atoms with Gasteiger partial charge in [0.25, 0.3) is 0 Å². The number of hydrogen-bond donors (Lipinski definition) is 2. The van der Waals surface area contributed by atoms with Crippen molar-refractivity contribution in [2.45, 2.75) is 38.8 Å². The van der Waals surface area contributed by atoms with Crippen molar-refractivity contribution >= 4 is 5.91 Å². The van der Waals surface area contributed by atoms with Crippen LogP contribution >= 0.6 is 0 Å². The molecule has 1 atom stereocenters. The summed E-state index contributed by atoms with van der Waals surface area (Å²) in [5, 5.41) is 7.17. The predicted molar refractivity (Wildman–Crippen MR) is 62.9 cm³/mol. The number of amides is 1. The molecule has 5 nitrogen and oxygen atoms in total. The molecule has 0 fully saturated rings. The van der Waals surface area contributed by atoms with Gasteiger partial charge in [-0.05, 0) is 32.4 Å². The van der Waals surface area contributed by atoms with Crippen LogP contribution in [0.15, 0.2) is 12.4 Å². The average molecular weight is 224 g/mol. The minimum Gasteiger partial charge on any atom is -0.368 e. The first-order valence-corrected chi connectivity index (χ1v) is 5.52. The Labute approximate surface area is 96.0 Å². The summed E-state index contributed by atoms with van der Waals surface area (Å²) >= 11 is 0. The molecule has 0 radical (unpaired) electrons. The van der Waals surface area contributed by atoms with Gasteiger partial charge in [-0.15, -0.1) is 0 Å². The van der Waals surface area contributed by atoms with Crippen LogP contribution in [0.3, 0.4) is 0 Å². The maximum atomic E-state index is 11.3. The highest BCUT2D eigenvalue weighted by Gasteiger charge is 2.28. The minimum atomic E-state index is -0.668. The third-order valence-corrected chi connectivity index (χ3v) is 3.03. The number of hydrogen-bond acceptors (Lipinski definition) is 3. The van der Waals surface area contributed by atoms with E-state index in [-0.39, 0.29) is 5.91 Å². The van der Waals surface area contributed by atoms with Crippen LogP contribution in [0, 0.1) is 0 Å². The van der Waals surface area contributed by atoms with Crippen LogP contribution in [0.2, 0.25) is 0 Å². The average Bonchev–Trinajstić information content (AvgIpc) is 2.73. The number of rotatable bonds is 6. The van der Waals surface area contributed by atoms with E-state index in [1.54, 1.807) is 14.0 Å². The molecular weight excluding hydrogens is 204 g/mol. The molecule has 0 aromatic carbocycles. The molecule has 0 saturated heterocycles. The second-order valence-corrected chi connectivity index (χ2v) is 4.16. The summed E-state index contributed by atoms with van der Waals surface area (Å²) in [5.41, 5.74) is 5.88. The van der Waals surface area contributed by atoms with Crippen LogP contribution in [0.1, 0.15) is 25.8 Å². The Morgan fingerprint density at radius 3 is 2.81 bits per heavy atom. The van der Waals surface area contributed by atoms with E-state index in [9.17, 15) is 4.79 Å². The van der Waals surface area contributed by atoms with Crippen molar-refractivity contribution < 1.29 is 4.79 Å². The molecule has 0 bridgehead atoms. The lowest BCUT2D eigenvalue weighted by molar-refractivity contribution is -0.124. The Morgan fingerprint density at radius 1 is 1.69 bits per heavy atom. The first-order chi connectivity index (χ1) is 7.51. The van der Waals surface area contributed by atoms with E-state index >= 15 is 0 Å². The lowest BCUT2D eigenvalue weighted by atomic mass is 9.97. The molecule has 90 valence electrons. The Balaban J connectivity index is 2.59. The van der Waals surface area contributed by atoms with Crippen molar-refractivity contribution in [3.63, 3.8) is 0 Å². The molecule has 0 aliphatic heterocycles. The quantitative estimate of drug-likeness (QED) is 0.730. The normalized spacial score (nSPS) is 14.7. The number of nitrogens with two attached hydrogens (primary N) is 1. The maximum absolute atomic E-state index is 11.3. The lowest BCUT2D eigenvalue weighted by Crippen LogP contribution is -2.52. The summed E-state index contributed by atoms with van der Waals surface area (Å²) in [4.78, 5) is 11.3. The summed E-state index contributed by atoms with van der Waals surface area (Å²) in [6, 6.07) is 0. The van der Waals surface area contributed by atoms with Crippen LogP contribution < -0.4 is 11.1 Å². The molecule has 1 heterocycles. The third kappa shape index (κ3) is 2.82. The molecule has 1 aromatic rings. The van der Waals surface area contributed by atoms with E-state index in [1.807, 2.05) is 17.1 Å². The molecule has 0 aliphatic rings. The Hall–Kier alpha value is -1.36. The van der Waals surface area contributed by atoms with E-state index in [2.05, 4.69) is 17.3 Å². The number of nitrogens with one attached hydrogen (secondary N) is 1. The van der Waals surface area contributed by atoms with E-state index in [1.165, 1.54) is 5.56 Å². The van der Waals surface area contributed by atoms with Gasteiger partial charge in [-0.3, -0.25) is 9.48 Å². The van der Waals surface area contributed by atoms with E-state index < -0.39 is 5.54 Å². The minimum absolute atomic E-state index is 0.335. The van der Waals surface area contributed by atoms with Crippen LogP contribution in [0.5, 0.6) is 0 Å². The monoisotopic (exact) mass is 224 g/mol. The number of likely N-dealkylation sites (N-methyl/N-ethyl adjacent to an activating group) is 1. The van der Waals surface area contributed by atoms with Gasteiger partial charge in [0.15, 0.2) is 0 Å². The van der Waals surface area contributed by atoms with Crippen molar-refractivity contribution in [1.29, 1.82) is 0 Å². The molecule has 0 spiro atoms. The topological polar surface area (TPSA) is 72.9 Å². The third-order valence-electron chi connectivity index (χ3n) is 3.03. The van der Waals surface area contributed by atoms with Crippen LogP contribution in [-0.2, 0) is 17.8 Å². The van der Waals surface area contributed by atoms with E-state index in [0.29, 0.717) is 13.0 Å². The Bertz CT molecular complexity index is 361. The van der Waals surface area contributed by atoms with Gasteiger partial charge in [-0.2, -0.15) is 5.10 Å². The molecule has 1 amide bonds. The first kappa shape index (κ1) is 12.7. The summed E-state index contributed by atoms with van der Waals surface area (Å²) in [6.45, 7) is 4.57. The smallest absolute Gasteiger partial charge is 0.237 e. The highest BCUT2D eigenvalue weighted by atomic mass is 16.1. The molecule has 1 unspecified atom stereocenters. The van der Waals surface area contributed by atoms with Gasteiger partial charge in [0.2, 0.25) is 5.91 Å². The van der Waals surface area contributed by atoms with E-state index in [4.69, 9.17) is 5.73 Å². The molecular formula is C11H20N4O. The zero-order chi connectivity index (χ0) is 12.2. The second kappa shape index (κ2) is 5.12. The first-order valence-electron chi connectivity index (χ1n) is 5.52. The Morgan fingerprint density at radius 2 is 2.38 bits per heavy atom. The number of primary amides is 1. The summed E-state index contributed by atoms with van der Waals surface area (Å²) < 4.78 is 1.84. The maximum Gasteiger partial charge on any atom is 0.237 e. The highest BCUT2D eigenvalue weighted by molar-refractivity contribution is 5.84. The van der Waals surface area contributed by atoms with Crippen molar-refractivity contribution in [2.75, 3.05) is 7.05 Å². The standard InChI is InChI=1S/C11H20N4O/c1-4-9-7-14-15(8-9)6-5-11(2,13-3)10(12)16/h7-8,13H,4-6H2,1-3H3,(H2,12,16). The largest absolute Gasteiger partial charge is 0.368 e. The summed E-state index contributed by atoms with van der Waals surface area (Å²) in [7, 11) is 1.74. The fraction of sp³-hybridized carbons (Fsp3) is 0.636. The van der Waals surface area contributed by atoms with Crippen molar-refractivity contribution in [1.82, 2.24) is 15.1 Å². The highest BCUT2D eigenvalue weighted by Crippen LogP contribution is 2.10. The number of carbonyl (C=O) groups excluding carboxylic acids is 1. The van der Waals surface area contributed by atoms with Gasteiger partial charge in [0.05, 0.1) is 11.7 Å². The number of aromatic nitrogens is 2. The molecule has 1 aromatic heterocycles. The van der Waals surface area contributed by atoms with Crippen LogP contribution in [0.25, 0.3) is 0 Å². The van der Waals surface area contributed by atoms with Crippen molar-refractivity contribution in [2.24, 2.45) is 5.73 Å². The van der Waals surface area contributed by atoms with E-state index in [0.717, 1.165) is 6.42 Å². The lowest BCUT2D eigenvalue weighted by Gasteiger charge is -2.25. The number of carbonyl (C=O) groups is 1. The predicted octanol–water partition coefficient (Wildman–Crippen LogP) is 0.299. The van der Waals surface area contributed by atoms with Crippen molar-refractivity contribution in [3.05, 3.63) is 18.0 Å². The number of nitrogens with zero attached hydrogens (tertiary/aromatic N) is 2. The van der Waals surface area contributed by atoms with Gasteiger partial charge < -0.3 is 11.1 Å². The summed E-state index contributed by atoms with van der Waals surface area (Å²) in [5.74, 6) is -0.335. The summed E-state index contributed by atoms with van der Waals surface area (Å²) in [6.07, 6.45) is 5.45. The molecule has 5 heteroatoms. The molecule has 0 aliphatic carbocycles. The van der Waals surface area contributed by atoms with Gasteiger partial charge in [0.1, 0.15) is 0 Å². The fourth-order valence-corrected chi connectivity index (χ4v) is 1.42. The second-order valence-electron chi connectivity index (χ2n) is 4.16. The van der Waals surface area contributed by atoms with Crippen molar-refractivity contribution in [3.8, 4) is 0 Å². The fourth-order valence-electron chi connectivity index (χ4n) is 1.42. The van der Waals surface area contributed by atoms with Crippen LogP contribution in [-0.4, -0.2) is 28.3 Å². The van der Waals surface area contributed by atoms with Gasteiger partial charge >= 0.3 is 0 Å². The molecule has 3 N–H and O–H groups in total.